The highest BCUT2D eigenvalue weighted by Gasteiger charge is 2.11. The molecule has 2 N–H and O–H groups in total. The van der Waals surface area contributed by atoms with Crippen molar-refractivity contribution in [2.75, 3.05) is 7.11 Å². The van der Waals surface area contributed by atoms with Crippen molar-refractivity contribution in [3.8, 4) is 11.8 Å². The van der Waals surface area contributed by atoms with E-state index >= 15 is 0 Å². The largest absolute Gasteiger partial charge is 0.495 e. The molecule has 0 aliphatic rings. The lowest BCUT2D eigenvalue weighted by Gasteiger charge is -2.03. The van der Waals surface area contributed by atoms with E-state index in [1.807, 2.05) is 6.07 Å². The van der Waals surface area contributed by atoms with E-state index in [0.717, 1.165) is 0 Å². The van der Waals surface area contributed by atoms with Crippen molar-refractivity contribution in [3.05, 3.63) is 23.8 Å². The summed E-state index contributed by atoms with van der Waals surface area (Å²) in [6, 6.07) is 5.66. The van der Waals surface area contributed by atoms with E-state index in [2.05, 4.69) is 0 Å². The van der Waals surface area contributed by atoms with Crippen LogP contribution in [0.15, 0.2) is 23.1 Å². The predicted octanol–water partition coefficient (Wildman–Crippen LogP) is 0.214. The van der Waals surface area contributed by atoms with Gasteiger partial charge in [-0.05, 0) is 18.2 Å². The average Bonchev–Trinajstić information content (AvgIpc) is 2.15. The van der Waals surface area contributed by atoms with Gasteiger partial charge in [-0.3, -0.25) is 0 Å². The van der Waals surface area contributed by atoms with Gasteiger partial charge in [-0.25, -0.2) is 13.6 Å². The second-order valence-electron chi connectivity index (χ2n) is 2.52. The maximum atomic E-state index is 10.9. The number of primary sulfonamides is 1. The van der Waals surface area contributed by atoms with Crippen molar-refractivity contribution in [1.29, 1.82) is 5.26 Å². The standard InChI is InChI=1S/C8H8N2O3S/c1-13-8-3-2-7(14(10,11)12)4-6(8)5-9/h2-4H,1H3,(H2,10,11,12). The highest BCUT2D eigenvalue weighted by molar-refractivity contribution is 7.89. The van der Waals surface area contributed by atoms with Gasteiger partial charge in [0.25, 0.3) is 0 Å². The number of ether oxygens (including phenoxy) is 1. The second-order valence-corrected chi connectivity index (χ2v) is 4.08. The summed E-state index contributed by atoms with van der Waals surface area (Å²) >= 11 is 0. The lowest BCUT2D eigenvalue weighted by atomic mass is 10.2. The monoisotopic (exact) mass is 212 g/mol. The molecule has 0 atom stereocenters. The van der Waals surface area contributed by atoms with Crippen LogP contribution in [-0.4, -0.2) is 15.5 Å². The van der Waals surface area contributed by atoms with E-state index in [-0.39, 0.29) is 10.5 Å². The van der Waals surface area contributed by atoms with Crippen LogP contribution in [0.2, 0.25) is 0 Å². The molecule has 0 heterocycles. The Balaban J connectivity index is 3.38. The van der Waals surface area contributed by atoms with Gasteiger partial charge in [-0.1, -0.05) is 0 Å². The number of hydrogen-bond acceptors (Lipinski definition) is 4. The first-order chi connectivity index (χ1) is 6.49. The van der Waals surface area contributed by atoms with Crippen molar-refractivity contribution in [2.45, 2.75) is 4.90 Å². The van der Waals surface area contributed by atoms with Gasteiger partial charge < -0.3 is 4.74 Å². The molecule has 0 amide bonds. The average molecular weight is 212 g/mol. The zero-order valence-corrected chi connectivity index (χ0v) is 8.21. The molecule has 0 unspecified atom stereocenters. The Labute approximate surface area is 81.8 Å². The first-order valence-corrected chi connectivity index (χ1v) is 5.14. The topological polar surface area (TPSA) is 93.2 Å². The summed E-state index contributed by atoms with van der Waals surface area (Å²) in [5.41, 5.74) is 0.138. The molecule has 0 bridgehead atoms. The minimum Gasteiger partial charge on any atom is -0.495 e. The summed E-state index contributed by atoms with van der Waals surface area (Å²) in [5.74, 6) is 0.319. The summed E-state index contributed by atoms with van der Waals surface area (Å²) in [5, 5.41) is 13.6. The number of sulfonamides is 1. The molecule has 1 rings (SSSR count). The first-order valence-electron chi connectivity index (χ1n) is 3.60. The Bertz CT molecular complexity index is 488. The molecule has 0 radical (unpaired) electrons. The summed E-state index contributed by atoms with van der Waals surface area (Å²) < 4.78 is 26.7. The fourth-order valence-corrected chi connectivity index (χ4v) is 1.49. The number of rotatable bonds is 2. The highest BCUT2D eigenvalue weighted by Crippen LogP contribution is 2.20. The second kappa shape index (κ2) is 3.65. The fourth-order valence-electron chi connectivity index (χ4n) is 0.951. The van der Waals surface area contributed by atoms with Gasteiger partial charge >= 0.3 is 0 Å². The van der Waals surface area contributed by atoms with Crippen LogP contribution in [-0.2, 0) is 10.0 Å². The summed E-state index contributed by atoms with van der Waals surface area (Å²) in [6.45, 7) is 0. The summed E-state index contributed by atoms with van der Waals surface area (Å²) in [6.07, 6.45) is 0. The summed E-state index contributed by atoms with van der Waals surface area (Å²) in [7, 11) is -2.37. The SMILES string of the molecule is COc1ccc(S(N)(=O)=O)cc1C#N. The highest BCUT2D eigenvalue weighted by atomic mass is 32.2. The van der Waals surface area contributed by atoms with Crippen molar-refractivity contribution in [3.63, 3.8) is 0 Å². The van der Waals surface area contributed by atoms with Crippen LogP contribution in [0.4, 0.5) is 0 Å². The molecule has 0 fully saturated rings. The molecular formula is C8H8N2O3S. The number of methoxy groups -OCH3 is 1. The van der Waals surface area contributed by atoms with Crippen LogP contribution in [0.1, 0.15) is 5.56 Å². The van der Waals surface area contributed by atoms with E-state index < -0.39 is 10.0 Å². The Hall–Kier alpha value is -1.58. The van der Waals surface area contributed by atoms with E-state index in [9.17, 15) is 8.42 Å². The van der Waals surface area contributed by atoms with Crippen molar-refractivity contribution < 1.29 is 13.2 Å². The minimum atomic E-state index is -3.77. The molecule has 0 saturated heterocycles. The van der Waals surface area contributed by atoms with E-state index in [4.69, 9.17) is 15.1 Å². The fraction of sp³-hybridized carbons (Fsp3) is 0.125. The lowest BCUT2D eigenvalue weighted by molar-refractivity contribution is 0.413. The van der Waals surface area contributed by atoms with Crippen LogP contribution >= 0.6 is 0 Å². The Morgan fingerprint density at radius 1 is 1.50 bits per heavy atom. The third-order valence-corrected chi connectivity index (χ3v) is 2.53. The van der Waals surface area contributed by atoms with Crippen molar-refractivity contribution >= 4 is 10.0 Å². The van der Waals surface area contributed by atoms with Gasteiger partial charge in [0.05, 0.1) is 17.6 Å². The van der Waals surface area contributed by atoms with E-state index in [0.29, 0.717) is 5.75 Å². The molecule has 0 spiro atoms. The van der Waals surface area contributed by atoms with Gasteiger partial charge in [0, 0.05) is 0 Å². The molecule has 74 valence electrons. The Kier molecular flexibility index (Phi) is 2.74. The predicted molar refractivity (Wildman–Crippen MR) is 49.1 cm³/mol. The van der Waals surface area contributed by atoms with Crippen LogP contribution in [0.5, 0.6) is 5.75 Å². The number of nitrogens with two attached hydrogens (primary N) is 1. The van der Waals surface area contributed by atoms with Crippen LogP contribution in [0.25, 0.3) is 0 Å². The number of benzene rings is 1. The molecule has 0 saturated carbocycles. The van der Waals surface area contributed by atoms with Crippen LogP contribution < -0.4 is 9.88 Å². The quantitative estimate of drug-likeness (QED) is 0.758. The van der Waals surface area contributed by atoms with E-state index in [1.165, 1.54) is 25.3 Å². The number of hydrogen-bond donors (Lipinski definition) is 1. The van der Waals surface area contributed by atoms with Crippen LogP contribution in [0.3, 0.4) is 0 Å². The smallest absolute Gasteiger partial charge is 0.238 e. The zero-order valence-electron chi connectivity index (χ0n) is 7.39. The molecule has 0 aliphatic heterocycles. The molecule has 1 aromatic carbocycles. The number of nitrogens with zero attached hydrogens (tertiary/aromatic N) is 1. The zero-order chi connectivity index (χ0) is 10.8. The van der Waals surface area contributed by atoms with Gasteiger partial charge in [0.2, 0.25) is 10.0 Å². The number of nitriles is 1. The molecule has 6 heteroatoms. The first kappa shape index (κ1) is 10.5. The van der Waals surface area contributed by atoms with Gasteiger partial charge in [-0.15, -0.1) is 0 Å². The Morgan fingerprint density at radius 2 is 2.14 bits per heavy atom. The molecule has 14 heavy (non-hydrogen) atoms. The molecule has 0 aromatic heterocycles. The van der Waals surface area contributed by atoms with Gasteiger partial charge in [-0.2, -0.15) is 5.26 Å². The van der Waals surface area contributed by atoms with Crippen molar-refractivity contribution in [1.82, 2.24) is 0 Å². The van der Waals surface area contributed by atoms with Gasteiger partial charge in [0.1, 0.15) is 11.8 Å². The normalized spacial score (nSPS) is 10.6. The summed E-state index contributed by atoms with van der Waals surface area (Å²) in [4.78, 5) is -0.102. The maximum absolute atomic E-state index is 10.9. The molecule has 1 aromatic rings. The molecule has 5 nitrogen and oxygen atoms in total. The van der Waals surface area contributed by atoms with Gasteiger partial charge in [0.15, 0.2) is 0 Å². The van der Waals surface area contributed by atoms with Crippen molar-refractivity contribution in [2.24, 2.45) is 5.14 Å². The molecular weight excluding hydrogens is 204 g/mol. The third kappa shape index (κ3) is 2.02. The maximum Gasteiger partial charge on any atom is 0.238 e. The molecule has 0 aliphatic carbocycles. The lowest BCUT2D eigenvalue weighted by Crippen LogP contribution is -2.12. The van der Waals surface area contributed by atoms with Crippen LogP contribution in [0, 0.1) is 11.3 Å². The minimum absolute atomic E-state index is 0.102. The Morgan fingerprint density at radius 3 is 2.57 bits per heavy atom. The third-order valence-electron chi connectivity index (χ3n) is 1.62. The van der Waals surface area contributed by atoms with E-state index in [1.54, 1.807) is 0 Å².